The van der Waals surface area contributed by atoms with E-state index < -0.39 is 6.04 Å². The van der Waals surface area contributed by atoms with Gasteiger partial charge in [0.2, 0.25) is 11.8 Å². The third-order valence-corrected chi connectivity index (χ3v) is 6.19. The van der Waals surface area contributed by atoms with Gasteiger partial charge in [-0.15, -0.1) is 11.8 Å². The Morgan fingerprint density at radius 2 is 1.72 bits per heavy atom. The molecule has 0 aliphatic carbocycles. The van der Waals surface area contributed by atoms with Gasteiger partial charge in [0.1, 0.15) is 6.04 Å². The monoisotopic (exact) mass is 452 g/mol. The minimum Gasteiger partial charge on any atom is -0.355 e. The number of halogens is 2. The van der Waals surface area contributed by atoms with E-state index in [2.05, 4.69) is 5.32 Å². The van der Waals surface area contributed by atoms with E-state index in [-0.39, 0.29) is 17.6 Å². The van der Waals surface area contributed by atoms with E-state index in [4.69, 9.17) is 23.2 Å². The van der Waals surface area contributed by atoms with Crippen molar-refractivity contribution in [3.8, 4) is 0 Å². The fourth-order valence-electron chi connectivity index (χ4n) is 2.89. The third-order valence-electron chi connectivity index (χ3n) is 4.54. The summed E-state index contributed by atoms with van der Waals surface area (Å²) in [4.78, 5) is 26.9. The standard InChI is InChI=1S/C22H26Cl2N2O2S/c1-3-25-22(28)16(2)26(13-12-17-8-5-4-6-9-17)21(27)15-29-14-18-19(23)10-7-11-20(18)24/h4-11,16H,3,12-15H2,1-2H3,(H,25,28)/t16-/m0/s1. The van der Waals surface area contributed by atoms with E-state index in [0.29, 0.717) is 35.3 Å². The van der Waals surface area contributed by atoms with E-state index in [1.165, 1.54) is 11.8 Å². The van der Waals surface area contributed by atoms with Crippen molar-refractivity contribution in [2.75, 3.05) is 18.8 Å². The lowest BCUT2D eigenvalue weighted by Gasteiger charge is -2.28. The van der Waals surface area contributed by atoms with Crippen LogP contribution < -0.4 is 5.32 Å². The maximum absolute atomic E-state index is 12.9. The minimum absolute atomic E-state index is 0.0761. The Hall–Kier alpha value is -1.69. The number of carbonyl (C=O) groups excluding carboxylic acids is 2. The largest absolute Gasteiger partial charge is 0.355 e. The van der Waals surface area contributed by atoms with Crippen LogP contribution in [0.2, 0.25) is 10.0 Å². The van der Waals surface area contributed by atoms with Gasteiger partial charge in [-0.1, -0.05) is 59.6 Å². The Morgan fingerprint density at radius 3 is 2.34 bits per heavy atom. The zero-order chi connectivity index (χ0) is 21.2. The first-order chi connectivity index (χ1) is 13.9. The number of likely N-dealkylation sites (N-methyl/N-ethyl adjacent to an activating group) is 1. The molecule has 0 aromatic heterocycles. The number of amides is 2. The van der Waals surface area contributed by atoms with Crippen molar-refractivity contribution in [3.05, 3.63) is 69.7 Å². The molecule has 0 saturated carbocycles. The van der Waals surface area contributed by atoms with Gasteiger partial charge in [-0.2, -0.15) is 0 Å². The maximum Gasteiger partial charge on any atom is 0.242 e. The van der Waals surface area contributed by atoms with Crippen molar-refractivity contribution < 1.29 is 9.59 Å². The Balaban J connectivity index is 2.01. The number of nitrogens with one attached hydrogen (secondary N) is 1. The first-order valence-corrected chi connectivity index (χ1v) is 11.5. The first-order valence-electron chi connectivity index (χ1n) is 9.55. The van der Waals surface area contributed by atoms with Crippen molar-refractivity contribution in [1.82, 2.24) is 10.2 Å². The number of benzene rings is 2. The molecule has 0 saturated heterocycles. The Bertz CT molecular complexity index is 797. The predicted molar refractivity (Wildman–Crippen MR) is 123 cm³/mol. The van der Waals surface area contributed by atoms with E-state index in [0.717, 1.165) is 11.1 Å². The van der Waals surface area contributed by atoms with Gasteiger partial charge in [-0.25, -0.2) is 0 Å². The highest BCUT2D eigenvalue weighted by atomic mass is 35.5. The number of hydrogen-bond acceptors (Lipinski definition) is 3. The summed E-state index contributed by atoms with van der Waals surface area (Å²) in [5, 5.41) is 3.98. The first kappa shape index (κ1) is 23.6. The second-order valence-corrected chi connectivity index (χ2v) is 8.39. The molecule has 2 rings (SSSR count). The van der Waals surface area contributed by atoms with E-state index >= 15 is 0 Å². The molecule has 0 spiro atoms. The van der Waals surface area contributed by atoms with Crippen LogP contribution in [0.3, 0.4) is 0 Å². The molecule has 4 nitrogen and oxygen atoms in total. The molecule has 0 heterocycles. The molecule has 2 aromatic carbocycles. The van der Waals surface area contributed by atoms with E-state index in [1.807, 2.05) is 37.3 Å². The lowest BCUT2D eigenvalue weighted by Crippen LogP contribution is -2.49. The van der Waals surface area contributed by atoms with Gasteiger partial charge in [0.15, 0.2) is 0 Å². The summed E-state index contributed by atoms with van der Waals surface area (Å²) < 4.78 is 0. The lowest BCUT2D eigenvalue weighted by atomic mass is 10.1. The molecule has 1 N–H and O–H groups in total. The SMILES string of the molecule is CCNC(=O)[C@H](C)N(CCc1ccccc1)C(=O)CSCc1c(Cl)cccc1Cl. The normalized spacial score (nSPS) is 11.7. The Kier molecular flexibility index (Phi) is 9.85. The topological polar surface area (TPSA) is 49.4 Å². The van der Waals surface area contributed by atoms with Crippen LogP contribution in [0.4, 0.5) is 0 Å². The number of hydrogen-bond donors (Lipinski definition) is 1. The van der Waals surface area contributed by atoms with Crippen molar-refractivity contribution in [3.63, 3.8) is 0 Å². The van der Waals surface area contributed by atoms with Crippen molar-refractivity contribution in [2.45, 2.75) is 32.1 Å². The highest BCUT2D eigenvalue weighted by Gasteiger charge is 2.25. The molecule has 156 valence electrons. The zero-order valence-electron chi connectivity index (χ0n) is 16.7. The molecule has 29 heavy (non-hydrogen) atoms. The quantitative estimate of drug-likeness (QED) is 0.561. The highest BCUT2D eigenvalue weighted by Crippen LogP contribution is 2.28. The summed E-state index contributed by atoms with van der Waals surface area (Å²) >= 11 is 13.9. The van der Waals surface area contributed by atoms with Crippen molar-refractivity contribution in [1.29, 1.82) is 0 Å². The maximum atomic E-state index is 12.9. The molecular weight excluding hydrogens is 427 g/mol. The van der Waals surface area contributed by atoms with Crippen LogP contribution in [0.25, 0.3) is 0 Å². The van der Waals surface area contributed by atoms with Crippen LogP contribution in [0.1, 0.15) is 25.0 Å². The predicted octanol–water partition coefficient (Wildman–Crippen LogP) is 4.82. The number of nitrogens with zero attached hydrogens (tertiary/aromatic N) is 1. The van der Waals surface area contributed by atoms with Crippen LogP contribution in [-0.2, 0) is 21.8 Å². The van der Waals surface area contributed by atoms with Crippen LogP contribution >= 0.6 is 35.0 Å². The van der Waals surface area contributed by atoms with Gasteiger partial charge in [0.05, 0.1) is 5.75 Å². The van der Waals surface area contributed by atoms with Crippen LogP contribution in [-0.4, -0.2) is 41.6 Å². The second kappa shape index (κ2) is 12.1. The Labute approximate surface area is 187 Å². The van der Waals surface area contributed by atoms with Gasteiger partial charge < -0.3 is 10.2 Å². The summed E-state index contributed by atoms with van der Waals surface area (Å²) in [6.45, 7) is 4.64. The van der Waals surface area contributed by atoms with Crippen LogP contribution in [0.15, 0.2) is 48.5 Å². The lowest BCUT2D eigenvalue weighted by molar-refractivity contribution is -0.137. The molecule has 0 aliphatic heterocycles. The summed E-state index contributed by atoms with van der Waals surface area (Å²) in [5.74, 6) is 0.563. The average molecular weight is 453 g/mol. The summed E-state index contributed by atoms with van der Waals surface area (Å²) in [7, 11) is 0. The smallest absolute Gasteiger partial charge is 0.242 e. The van der Waals surface area contributed by atoms with Crippen molar-refractivity contribution >= 4 is 46.8 Å². The number of carbonyl (C=O) groups is 2. The van der Waals surface area contributed by atoms with Gasteiger partial charge in [0.25, 0.3) is 0 Å². The minimum atomic E-state index is -0.532. The molecule has 0 fully saturated rings. The van der Waals surface area contributed by atoms with E-state index in [9.17, 15) is 9.59 Å². The number of rotatable bonds is 10. The van der Waals surface area contributed by atoms with Gasteiger partial charge in [-0.3, -0.25) is 9.59 Å². The molecule has 2 amide bonds. The molecule has 0 unspecified atom stereocenters. The van der Waals surface area contributed by atoms with Gasteiger partial charge in [0, 0.05) is 28.9 Å². The molecule has 0 radical (unpaired) electrons. The fourth-order valence-corrected chi connectivity index (χ4v) is 4.53. The number of thioether (sulfide) groups is 1. The molecule has 7 heteroatoms. The zero-order valence-corrected chi connectivity index (χ0v) is 19.0. The average Bonchev–Trinajstić information content (AvgIpc) is 2.71. The molecular formula is C22H26Cl2N2O2S. The molecule has 1 atom stereocenters. The summed E-state index contributed by atoms with van der Waals surface area (Å²) in [6.07, 6.45) is 0.692. The van der Waals surface area contributed by atoms with Gasteiger partial charge >= 0.3 is 0 Å². The highest BCUT2D eigenvalue weighted by molar-refractivity contribution is 7.99. The van der Waals surface area contributed by atoms with Crippen molar-refractivity contribution in [2.24, 2.45) is 0 Å². The van der Waals surface area contributed by atoms with E-state index in [1.54, 1.807) is 30.0 Å². The Morgan fingerprint density at radius 1 is 1.07 bits per heavy atom. The van der Waals surface area contributed by atoms with Crippen LogP contribution in [0, 0.1) is 0 Å². The molecule has 0 aliphatic rings. The molecule has 0 bridgehead atoms. The fraction of sp³-hybridized carbons (Fsp3) is 0.364. The third kappa shape index (κ3) is 7.25. The van der Waals surface area contributed by atoms with Gasteiger partial charge in [-0.05, 0) is 43.5 Å². The molecule has 2 aromatic rings. The summed E-state index contributed by atoms with van der Waals surface area (Å²) in [5.41, 5.74) is 1.95. The second-order valence-electron chi connectivity index (χ2n) is 6.59. The summed E-state index contributed by atoms with van der Waals surface area (Å²) in [6, 6.07) is 14.8. The van der Waals surface area contributed by atoms with Crippen LogP contribution in [0.5, 0.6) is 0 Å².